The zero-order valence-corrected chi connectivity index (χ0v) is 6.88. The van der Waals surface area contributed by atoms with Crippen LogP contribution in [0.1, 0.15) is 18.4 Å². The van der Waals surface area contributed by atoms with Gasteiger partial charge in [0.1, 0.15) is 5.75 Å². The maximum Gasteiger partial charge on any atom is 0.215 e. The Morgan fingerprint density at radius 2 is 2.33 bits per heavy atom. The van der Waals surface area contributed by atoms with Gasteiger partial charge in [-0.05, 0) is 25.8 Å². The summed E-state index contributed by atoms with van der Waals surface area (Å²) >= 11 is 0. The van der Waals surface area contributed by atoms with Crippen molar-refractivity contribution in [1.29, 1.82) is 0 Å². The summed E-state index contributed by atoms with van der Waals surface area (Å²) in [6, 6.07) is 1.68. The Hall–Kier alpha value is -1.12. The minimum Gasteiger partial charge on any atom is -0.489 e. The smallest absolute Gasteiger partial charge is 0.215 e. The first kappa shape index (κ1) is 7.53. The molecule has 0 saturated heterocycles. The molecule has 2 nitrogen and oxygen atoms in total. The Bertz CT molecular complexity index is 297. The van der Waals surface area contributed by atoms with Gasteiger partial charge in [-0.25, -0.2) is 4.98 Å². The maximum absolute atomic E-state index is 12.7. The first-order valence-corrected chi connectivity index (χ1v) is 4.04. The van der Waals surface area contributed by atoms with Crippen LogP contribution in [0.3, 0.4) is 0 Å². The van der Waals surface area contributed by atoms with Crippen molar-refractivity contribution in [2.24, 2.45) is 0 Å². The second kappa shape index (κ2) is 2.73. The number of halogens is 1. The van der Waals surface area contributed by atoms with Crippen LogP contribution in [0.4, 0.5) is 4.39 Å². The standard InChI is InChI=1S/C9H10FNO/c1-6-4-8(5-11-9(6)10)12-7-2-3-7/h4-5,7H,2-3H2,1H3. The third kappa shape index (κ3) is 1.55. The molecule has 0 atom stereocenters. The van der Waals surface area contributed by atoms with Gasteiger partial charge < -0.3 is 4.74 Å². The van der Waals surface area contributed by atoms with Gasteiger partial charge in [-0.3, -0.25) is 0 Å². The summed E-state index contributed by atoms with van der Waals surface area (Å²) in [5, 5.41) is 0. The lowest BCUT2D eigenvalue weighted by Gasteiger charge is -2.03. The van der Waals surface area contributed by atoms with Crippen LogP contribution in [0.15, 0.2) is 12.3 Å². The Kier molecular flexibility index (Phi) is 1.71. The van der Waals surface area contributed by atoms with E-state index in [2.05, 4.69) is 4.98 Å². The van der Waals surface area contributed by atoms with Crippen LogP contribution in [0.25, 0.3) is 0 Å². The number of aryl methyl sites for hydroxylation is 1. The monoisotopic (exact) mass is 167 g/mol. The van der Waals surface area contributed by atoms with E-state index in [0.717, 1.165) is 12.8 Å². The molecule has 0 radical (unpaired) electrons. The molecule has 0 N–H and O–H groups in total. The van der Waals surface area contributed by atoms with Crippen LogP contribution < -0.4 is 4.74 Å². The van der Waals surface area contributed by atoms with Crippen LogP contribution in [0.5, 0.6) is 5.75 Å². The Balaban J connectivity index is 2.15. The van der Waals surface area contributed by atoms with Crippen LogP contribution in [-0.4, -0.2) is 11.1 Å². The minimum atomic E-state index is -0.418. The molecule has 1 saturated carbocycles. The molecule has 0 aliphatic heterocycles. The number of aromatic nitrogens is 1. The van der Waals surface area contributed by atoms with Crippen molar-refractivity contribution in [2.75, 3.05) is 0 Å². The number of hydrogen-bond acceptors (Lipinski definition) is 2. The van der Waals surface area contributed by atoms with E-state index < -0.39 is 5.95 Å². The lowest BCUT2D eigenvalue weighted by molar-refractivity contribution is 0.300. The lowest BCUT2D eigenvalue weighted by atomic mass is 10.3. The molecule has 0 amide bonds. The van der Waals surface area contributed by atoms with E-state index in [9.17, 15) is 4.39 Å². The fraction of sp³-hybridized carbons (Fsp3) is 0.444. The van der Waals surface area contributed by atoms with Gasteiger partial charge in [0.2, 0.25) is 5.95 Å². The average molecular weight is 167 g/mol. The molecule has 3 heteroatoms. The molecule has 0 spiro atoms. The summed E-state index contributed by atoms with van der Waals surface area (Å²) < 4.78 is 18.1. The molecule has 2 rings (SSSR count). The molecule has 1 aromatic heterocycles. The van der Waals surface area contributed by atoms with Crippen molar-refractivity contribution in [3.8, 4) is 5.75 Å². The van der Waals surface area contributed by atoms with E-state index in [4.69, 9.17) is 4.74 Å². The predicted octanol–water partition coefficient (Wildman–Crippen LogP) is 2.07. The average Bonchev–Trinajstić information content (AvgIpc) is 2.81. The van der Waals surface area contributed by atoms with Crippen LogP contribution in [-0.2, 0) is 0 Å². The number of rotatable bonds is 2. The van der Waals surface area contributed by atoms with E-state index in [-0.39, 0.29) is 0 Å². The molecular formula is C9H10FNO. The zero-order chi connectivity index (χ0) is 8.55. The minimum absolute atomic E-state index is 0.344. The number of nitrogens with zero attached hydrogens (tertiary/aromatic N) is 1. The largest absolute Gasteiger partial charge is 0.489 e. The third-order valence-corrected chi connectivity index (χ3v) is 1.82. The maximum atomic E-state index is 12.7. The van der Waals surface area contributed by atoms with E-state index in [1.807, 2.05) is 0 Å². The lowest BCUT2D eigenvalue weighted by Crippen LogP contribution is -1.98. The van der Waals surface area contributed by atoms with Gasteiger partial charge in [-0.1, -0.05) is 0 Å². The third-order valence-electron chi connectivity index (χ3n) is 1.82. The summed E-state index contributed by atoms with van der Waals surface area (Å²) in [5.74, 6) is 0.259. The van der Waals surface area contributed by atoms with Crippen molar-refractivity contribution < 1.29 is 9.13 Å². The highest BCUT2D eigenvalue weighted by molar-refractivity contribution is 5.23. The van der Waals surface area contributed by atoms with Crippen LogP contribution >= 0.6 is 0 Å². The van der Waals surface area contributed by atoms with Crippen LogP contribution in [0.2, 0.25) is 0 Å². The van der Waals surface area contributed by atoms with Gasteiger partial charge in [-0.2, -0.15) is 4.39 Å². The van der Waals surface area contributed by atoms with Crippen molar-refractivity contribution in [1.82, 2.24) is 4.98 Å². The van der Waals surface area contributed by atoms with Crippen molar-refractivity contribution in [2.45, 2.75) is 25.9 Å². The molecule has 1 aliphatic carbocycles. The molecule has 64 valence electrons. The normalized spacial score (nSPS) is 16.2. The van der Waals surface area contributed by atoms with Gasteiger partial charge in [0.05, 0.1) is 12.3 Å². The van der Waals surface area contributed by atoms with Gasteiger partial charge in [0.25, 0.3) is 0 Å². The molecule has 1 fully saturated rings. The fourth-order valence-electron chi connectivity index (χ4n) is 0.975. The van der Waals surface area contributed by atoms with Gasteiger partial charge in [-0.15, -0.1) is 0 Å². The molecule has 0 bridgehead atoms. The molecule has 12 heavy (non-hydrogen) atoms. The Morgan fingerprint density at radius 1 is 1.58 bits per heavy atom. The second-order valence-corrected chi connectivity index (χ2v) is 3.10. The Morgan fingerprint density at radius 3 is 2.92 bits per heavy atom. The predicted molar refractivity (Wildman–Crippen MR) is 42.6 cm³/mol. The zero-order valence-electron chi connectivity index (χ0n) is 6.88. The first-order valence-electron chi connectivity index (χ1n) is 4.04. The quantitative estimate of drug-likeness (QED) is 0.629. The topological polar surface area (TPSA) is 22.1 Å². The van der Waals surface area contributed by atoms with E-state index >= 15 is 0 Å². The van der Waals surface area contributed by atoms with Gasteiger partial charge >= 0.3 is 0 Å². The molecule has 1 aliphatic rings. The van der Waals surface area contributed by atoms with E-state index in [1.165, 1.54) is 6.20 Å². The highest BCUT2D eigenvalue weighted by atomic mass is 19.1. The molecule has 1 aromatic rings. The summed E-state index contributed by atoms with van der Waals surface area (Å²) in [6.45, 7) is 1.68. The molecular weight excluding hydrogens is 157 g/mol. The van der Waals surface area contributed by atoms with Crippen molar-refractivity contribution in [3.63, 3.8) is 0 Å². The molecule has 0 aromatic carbocycles. The van der Waals surface area contributed by atoms with Gasteiger partial charge in [0, 0.05) is 5.56 Å². The summed E-state index contributed by atoms with van der Waals surface area (Å²) in [7, 11) is 0. The highest BCUT2D eigenvalue weighted by Gasteiger charge is 2.23. The van der Waals surface area contributed by atoms with Crippen LogP contribution in [0, 0.1) is 12.9 Å². The number of ether oxygens (including phenoxy) is 1. The number of hydrogen-bond donors (Lipinski definition) is 0. The van der Waals surface area contributed by atoms with Crippen molar-refractivity contribution in [3.05, 3.63) is 23.8 Å². The van der Waals surface area contributed by atoms with Crippen molar-refractivity contribution >= 4 is 0 Å². The molecule has 1 heterocycles. The second-order valence-electron chi connectivity index (χ2n) is 3.10. The summed E-state index contributed by atoms with van der Waals surface area (Å²) in [6.07, 6.45) is 3.99. The Labute approximate surface area is 70.4 Å². The SMILES string of the molecule is Cc1cc(OC2CC2)cnc1F. The number of pyridine rings is 1. The van der Waals surface area contributed by atoms with E-state index in [1.54, 1.807) is 13.0 Å². The van der Waals surface area contributed by atoms with Gasteiger partial charge in [0.15, 0.2) is 0 Å². The summed E-state index contributed by atoms with van der Waals surface area (Å²) in [4.78, 5) is 3.57. The first-order chi connectivity index (χ1) is 5.75. The highest BCUT2D eigenvalue weighted by Crippen LogP contribution is 2.26. The fourth-order valence-corrected chi connectivity index (χ4v) is 0.975. The van der Waals surface area contributed by atoms with E-state index in [0.29, 0.717) is 17.4 Å². The molecule has 0 unspecified atom stereocenters. The summed E-state index contributed by atoms with van der Waals surface area (Å²) in [5.41, 5.74) is 0.535.